The monoisotopic (exact) mass is 367 g/mol. The fourth-order valence-electron chi connectivity index (χ4n) is 3.06. The van der Waals surface area contributed by atoms with E-state index in [0.29, 0.717) is 32.5 Å². The van der Waals surface area contributed by atoms with Crippen LogP contribution in [0.15, 0.2) is 12.4 Å². The lowest BCUT2D eigenvalue weighted by Gasteiger charge is -2.31. The zero-order valence-electron chi connectivity index (χ0n) is 16.4. The van der Waals surface area contributed by atoms with Gasteiger partial charge in [-0.1, -0.05) is 13.8 Å². The number of ether oxygens (including phenoxy) is 3. The third kappa shape index (κ3) is 6.79. The van der Waals surface area contributed by atoms with Crippen LogP contribution in [0.3, 0.4) is 0 Å². The Morgan fingerprint density at radius 3 is 2.46 bits per heavy atom. The van der Waals surface area contributed by atoms with E-state index in [1.165, 1.54) is 0 Å². The minimum Gasteiger partial charge on any atom is -0.382 e. The summed E-state index contributed by atoms with van der Waals surface area (Å²) in [5, 5.41) is 4.42. The fraction of sp³-hybridized carbons (Fsp3) is 0.789. The number of hydrogen-bond acceptors (Lipinski definition) is 6. The SMILES string of the molecule is COCCOCCOCCN1CCC(n2cc(C(=O)C(C)C)cn2)CC1. The summed E-state index contributed by atoms with van der Waals surface area (Å²) in [6, 6.07) is 0.384. The van der Waals surface area contributed by atoms with Gasteiger partial charge in [-0.15, -0.1) is 0 Å². The number of piperidine rings is 1. The summed E-state index contributed by atoms with van der Waals surface area (Å²) in [5.74, 6) is 0.178. The first-order valence-electron chi connectivity index (χ1n) is 9.57. The molecule has 7 nitrogen and oxygen atoms in total. The summed E-state index contributed by atoms with van der Waals surface area (Å²) in [5.41, 5.74) is 0.726. The van der Waals surface area contributed by atoms with Gasteiger partial charge in [0.1, 0.15) is 0 Å². The van der Waals surface area contributed by atoms with Crippen molar-refractivity contribution in [2.45, 2.75) is 32.7 Å². The number of hydrogen-bond donors (Lipinski definition) is 0. The molecule has 0 aliphatic carbocycles. The molecule has 1 aliphatic heterocycles. The van der Waals surface area contributed by atoms with Gasteiger partial charge < -0.3 is 19.1 Å². The van der Waals surface area contributed by atoms with Crippen molar-refractivity contribution in [2.24, 2.45) is 5.92 Å². The first kappa shape index (κ1) is 21.0. The Morgan fingerprint density at radius 2 is 1.81 bits per heavy atom. The van der Waals surface area contributed by atoms with E-state index < -0.39 is 0 Å². The first-order valence-corrected chi connectivity index (χ1v) is 9.57. The van der Waals surface area contributed by atoms with Crippen molar-refractivity contribution in [2.75, 3.05) is 59.8 Å². The molecule has 2 heterocycles. The van der Waals surface area contributed by atoms with Crippen molar-refractivity contribution in [3.05, 3.63) is 18.0 Å². The Bertz CT molecular complexity index is 525. The molecule has 26 heavy (non-hydrogen) atoms. The van der Waals surface area contributed by atoms with Gasteiger partial charge in [-0.2, -0.15) is 5.10 Å². The summed E-state index contributed by atoms with van der Waals surface area (Å²) in [7, 11) is 1.67. The van der Waals surface area contributed by atoms with Crippen molar-refractivity contribution in [3.8, 4) is 0 Å². The van der Waals surface area contributed by atoms with E-state index in [-0.39, 0.29) is 11.7 Å². The highest BCUT2D eigenvalue weighted by Gasteiger charge is 2.22. The maximum atomic E-state index is 12.0. The first-order chi connectivity index (χ1) is 12.6. The minimum atomic E-state index is 0.0138. The van der Waals surface area contributed by atoms with Gasteiger partial charge in [0.05, 0.1) is 50.8 Å². The summed E-state index contributed by atoms with van der Waals surface area (Å²) in [6.07, 6.45) is 5.72. The molecule has 1 fully saturated rings. The molecule has 1 saturated heterocycles. The lowest BCUT2D eigenvalue weighted by Crippen LogP contribution is -2.37. The number of likely N-dealkylation sites (tertiary alicyclic amines) is 1. The number of Topliss-reactive ketones (excluding diaryl/α,β-unsaturated/α-hetero) is 1. The molecule has 0 aromatic carbocycles. The summed E-state index contributed by atoms with van der Waals surface area (Å²) in [4.78, 5) is 14.5. The van der Waals surface area contributed by atoms with Crippen LogP contribution in [0.5, 0.6) is 0 Å². The van der Waals surface area contributed by atoms with Gasteiger partial charge in [0.25, 0.3) is 0 Å². The quantitative estimate of drug-likeness (QED) is 0.416. The molecule has 0 bridgehead atoms. The summed E-state index contributed by atoms with van der Waals surface area (Å²) >= 11 is 0. The maximum Gasteiger partial charge on any atom is 0.168 e. The Labute approximate surface area is 156 Å². The van der Waals surface area contributed by atoms with E-state index in [2.05, 4.69) is 10.00 Å². The molecular formula is C19H33N3O4. The van der Waals surface area contributed by atoms with Crippen LogP contribution >= 0.6 is 0 Å². The highest BCUT2D eigenvalue weighted by molar-refractivity contribution is 5.96. The molecule has 0 spiro atoms. The number of aromatic nitrogens is 2. The number of carbonyl (C=O) groups excluding carboxylic acids is 1. The number of rotatable bonds is 12. The standard InChI is InChI=1S/C19H33N3O4/c1-16(2)19(23)17-14-20-22(15-17)18-4-6-21(7-5-18)8-9-25-12-13-26-11-10-24-3/h14-16,18H,4-13H2,1-3H3. The van der Waals surface area contributed by atoms with Crippen LogP contribution in [-0.4, -0.2) is 80.2 Å². The van der Waals surface area contributed by atoms with Crippen LogP contribution in [0.4, 0.5) is 0 Å². The lowest BCUT2D eigenvalue weighted by atomic mass is 10.0. The maximum absolute atomic E-state index is 12.0. The molecule has 148 valence electrons. The second kappa shape index (κ2) is 11.4. The van der Waals surface area contributed by atoms with E-state index >= 15 is 0 Å². The molecule has 0 saturated carbocycles. The molecule has 1 aromatic heterocycles. The largest absolute Gasteiger partial charge is 0.382 e. The zero-order valence-corrected chi connectivity index (χ0v) is 16.4. The smallest absolute Gasteiger partial charge is 0.168 e. The van der Waals surface area contributed by atoms with Crippen molar-refractivity contribution in [1.29, 1.82) is 0 Å². The topological polar surface area (TPSA) is 65.8 Å². The normalized spacial score (nSPS) is 16.5. The van der Waals surface area contributed by atoms with E-state index in [0.717, 1.165) is 44.6 Å². The molecule has 1 aliphatic rings. The van der Waals surface area contributed by atoms with Gasteiger partial charge in [-0.05, 0) is 12.8 Å². The van der Waals surface area contributed by atoms with Crippen LogP contribution in [0.1, 0.15) is 43.1 Å². The Hall–Kier alpha value is -1.28. The van der Waals surface area contributed by atoms with Gasteiger partial charge in [-0.25, -0.2) is 0 Å². The molecule has 7 heteroatoms. The molecule has 1 aromatic rings. The van der Waals surface area contributed by atoms with Crippen LogP contribution < -0.4 is 0 Å². The summed E-state index contributed by atoms with van der Waals surface area (Å²) < 4.78 is 17.9. The van der Waals surface area contributed by atoms with Crippen molar-refractivity contribution >= 4 is 5.78 Å². The average molecular weight is 367 g/mol. The number of nitrogens with zero attached hydrogens (tertiary/aromatic N) is 3. The number of methoxy groups -OCH3 is 1. The summed E-state index contributed by atoms with van der Waals surface area (Å²) in [6.45, 7) is 10.1. The Kier molecular flexibility index (Phi) is 9.25. The van der Waals surface area contributed by atoms with Gasteiger partial charge in [0, 0.05) is 38.9 Å². The van der Waals surface area contributed by atoms with Crippen molar-refractivity contribution in [3.63, 3.8) is 0 Å². The van der Waals surface area contributed by atoms with Gasteiger partial charge in [0.15, 0.2) is 5.78 Å². The third-order valence-corrected chi connectivity index (χ3v) is 4.70. The zero-order chi connectivity index (χ0) is 18.8. The van der Waals surface area contributed by atoms with E-state index in [9.17, 15) is 4.79 Å². The van der Waals surface area contributed by atoms with Crippen LogP contribution in [0, 0.1) is 5.92 Å². The lowest BCUT2D eigenvalue weighted by molar-refractivity contribution is 0.0173. The van der Waals surface area contributed by atoms with Crippen molar-refractivity contribution in [1.82, 2.24) is 14.7 Å². The molecular weight excluding hydrogens is 334 g/mol. The van der Waals surface area contributed by atoms with Crippen LogP contribution in [0.25, 0.3) is 0 Å². The molecule has 0 unspecified atom stereocenters. The number of carbonyl (C=O) groups is 1. The highest BCUT2D eigenvalue weighted by atomic mass is 16.5. The van der Waals surface area contributed by atoms with Gasteiger partial charge >= 0.3 is 0 Å². The molecule has 0 atom stereocenters. The predicted octanol–water partition coefficient (Wildman–Crippen LogP) is 2.04. The van der Waals surface area contributed by atoms with E-state index in [1.807, 2.05) is 24.7 Å². The number of ketones is 1. The second-order valence-electron chi connectivity index (χ2n) is 7.02. The average Bonchev–Trinajstić information content (AvgIpc) is 3.13. The Balaban J connectivity index is 1.60. The van der Waals surface area contributed by atoms with Gasteiger partial charge in [0.2, 0.25) is 0 Å². The van der Waals surface area contributed by atoms with Gasteiger partial charge in [-0.3, -0.25) is 9.48 Å². The van der Waals surface area contributed by atoms with Crippen LogP contribution in [0.2, 0.25) is 0 Å². The fourth-order valence-corrected chi connectivity index (χ4v) is 3.06. The highest BCUT2D eigenvalue weighted by Crippen LogP contribution is 2.22. The molecule has 2 rings (SSSR count). The minimum absolute atomic E-state index is 0.0138. The molecule has 0 N–H and O–H groups in total. The molecule has 0 amide bonds. The van der Waals surface area contributed by atoms with Crippen LogP contribution in [-0.2, 0) is 14.2 Å². The second-order valence-corrected chi connectivity index (χ2v) is 7.02. The van der Waals surface area contributed by atoms with Crippen molar-refractivity contribution < 1.29 is 19.0 Å². The predicted molar refractivity (Wildman–Crippen MR) is 99.6 cm³/mol. The third-order valence-electron chi connectivity index (χ3n) is 4.70. The van der Waals surface area contributed by atoms with E-state index in [1.54, 1.807) is 13.3 Å². The molecule has 0 radical (unpaired) electrons. The Morgan fingerprint density at radius 1 is 1.15 bits per heavy atom. The van der Waals surface area contributed by atoms with E-state index in [4.69, 9.17) is 14.2 Å².